The number of carbonyl (C=O) groups is 1. The van der Waals surface area contributed by atoms with Crippen molar-refractivity contribution in [3.63, 3.8) is 0 Å². The highest BCUT2D eigenvalue weighted by Crippen LogP contribution is 2.38. The Morgan fingerprint density at radius 1 is 1.47 bits per heavy atom. The van der Waals surface area contributed by atoms with E-state index in [1.54, 1.807) is 0 Å². The molecule has 0 aromatic carbocycles. The van der Waals surface area contributed by atoms with Crippen molar-refractivity contribution in [3.8, 4) is 0 Å². The van der Waals surface area contributed by atoms with Crippen molar-refractivity contribution in [1.82, 2.24) is 5.32 Å². The molecule has 0 bridgehead atoms. The highest BCUT2D eigenvalue weighted by molar-refractivity contribution is 5.83. The zero-order chi connectivity index (χ0) is 11.3. The van der Waals surface area contributed by atoms with Gasteiger partial charge in [-0.2, -0.15) is 0 Å². The lowest BCUT2D eigenvalue weighted by atomic mass is 9.70. The van der Waals surface area contributed by atoms with Gasteiger partial charge in [-0.3, -0.25) is 4.79 Å². The Morgan fingerprint density at radius 3 is 2.53 bits per heavy atom. The molecule has 0 atom stereocenters. The van der Waals surface area contributed by atoms with E-state index in [1.165, 1.54) is 0 Å². The summed E-state index contributed by atoms with van der Waals surface area (Å²) in [4.78, 5) is 12.0. The fourth-order valence-corrected chi connectivity index (χ4v) is 2.26. The first-order chi connectivity index (χ1) is 7.14. The molecule has 0 aromatic heterocycles. The Bertz CT molecular complexity index is 208. The van der Waals surface area contributed by atoms with E-state index in [1.807, 2.05) is 0 Å². The molecule has 88 valence electrons. The maximum Gasteiger partial charge on any atom is 0.227 e. The molecule has 0 radical (unpaired) electrons. The van der Waals surface area contributed by atoms with E-state index in [0.29, 0.717) is 6.54 Å². The highest BCUT2D eigenvalue weighted by atomic mass is 16.2. The average Bonchev–Trinajstić information content (AvgIpc) is 2.27. The van der Waals surface area contributed by atoms with Crippen molar-refractivity contribution in [1.29, 1.82) is 0 Å². The van der Waals surface area contributed by atoms with Gasteiger partial charge >= 0.3 is 0 Å². The minimum Gasteiger partial charge on any atom is -0.356 e. The van der Waals surface area contributed by atoms with Crippen LogP contribution in [0.5, 0.6) is 0 Å². The van der Waals surface area contributed by atoms with E-state index in [9.17, 15) is 4.79 Å². The summed E-state index contributed by atoms with van der Waals surface area (Å²) >= 11 is 0. The van der Waals surface area contributed by atoms with Crippen LogP contribution in [0, 0.1) is 11.3 Å². The van der Waals surface area contributed by atoms with Crippen LogP contribution in [0.15, 0.2) is 0 Å². The van der Waals surface area contributed by atoms with Gasteiger partial charge in [0, 0.05) is 13.1 Å². The normalized spacial score (nSPS) is 31.3. The molecule has 0 saturated heterocycles. The molecule has 3 nitrogen and oxygen atoms in total. The topological polar surface area (TPSA) is 55.1 Å². The molecule has 1 aliphatic rings. The third-order valence-corrected chi connectivity index (χ3v) is 3.64. The van der Waals surface area contributed by atoms with E-state index in [0.717, 1.165) is 44.6 Å². The van der Waals surface area contributed by atoms with Gasteiger partial charge in [-0.15, -0.1) is 0 Å². The number of nitrogens with one attached hydrogen (secondary N) is 1. The molecule has 0 spiro atoms. The maximum absolute atomic E-state index is 12.0. The van der Waals surface area contributed by atoms with Crippen molar-refractivity contribution in [2.75, 3.05) is 13.1 Å². The molecular weight excluding hydrogens is 188 g/mol. The summed E-state index contributed by atoms with van der Waals surface area (Å²) in [6, 6.07) is 0. The molecule has 3 heteroatoms. The first kappa shape index (κ1) is 12.5. The zero-order valence-corrected chi connectivity index (χ0v) is 10.0. The number of rotatable bonds is 4. The molecule has 0 unspecified atom stereocenters. The van der Waals surface area contributed by atoms with Crippen LogP contribution < -0.4 is 11.1 Å². The van der Waals surface area contributed by atoms with E-state index >= 15 is 0 Å². The van der Waals surface area contributed by atoms with Crippen LogP contribution >= 0.6 is 0 Å². The maximum atomic E-state index is 12.0. The van der Waals surface area contributed by atoms with Crippen molar-refractivity contribution in [2.45, 2.75) is 46.0 Å². The monoisotopic (exact) mass is 212 g/mol. The molecule has 0 heterocycles. The van der Waals surface area contributed by atoms with Gasteiger partial charge in [-0.05, 0) is 38.0 Å². The van der Waals surface area contributed by atoms with Crippen LogP contribution in [-0.4, -0.2) is 19.0 Å². The molecule has 0 aliphatic heterocycles. The van der Waals surface area contributed by atoms with Gasteiger partial charge in [0.2, 0.25) is 5.91 Å². The molecular formula is C12H24N2O. The standard InChI is InChI=1S/C12H24N2O/c1-3-8-14-11(15)12(9-13)6-4-10(2)5-7-12/h10H,3-9,13H2,1-2H3,(H,14,15). The summed E-state index contributed by atoms with van der Waals surface area (Å²) in [6.07, 6.45) is 5.18. The lowest BCUT2D eigenvalue weighted by molar-refractivity contribution is -0.132. The second-order valence-corrected chi connectivity index (χ2v) is 4.92. The quantitative estimate of drug-likeness (QED) is 0.744. The molecule has 1 saturated carbocycles. The Kier molecular flexibility index (Phi) is 4.58. The smallest absolute Gasteiger partial charge is 0.227 e. The summed E-state index contributed by atoms with van der Waals surface area (Å²) in [5.74, 6) is 0.933. The fraction of sp³-hybridized carbons (Fsp3) is 0.917. The fourth-order valence-electron chi connectivity index (χ4n) is 2.26. The second-order valence-electron chi connectivity index (χ2n) is 4.92. The predicted octanol–water partition coefficient (Wildman–Crippen LogP) is 1.67. The largest absolute Gasteiger partial charge is 0.356 e. The van der Waals surface area contributed by atoms with Crippen molar-refractivity contribution < 1.29 is 4.79 Å². The minimum atomic E-state index is -0.262. The second kappa shape index (κ2) is 5.50. The third kappa shape index (κ3) is 2.94. The van der Waals surface area contributed by atoms with Gasteiger partial charge in [0.05, 0.1) is 5.41 Å². The first-order valence-electron chi connectivity index (χ1n) is 6.13. The Balaban J connectivity index is 2.56. The lowest BCUT2D eigenvalue weighted by Crippen LogP contribution is -2.48. The molecule has 15 heavy (non-hydrogen) atoms. The number of amides is 1. The zero-order valence-electron chi connectivity index (χ0n) is 10.0. The van der Waals surface area contributed by atoms with Crippen LogP contribution in [0.3, 0.4) is 0 Å². The summed E-state index contributed by atoms with van der Waals surface area (Å²) < 4.78 is 0. The summed E-state index contributed by atoms with van der Waals surface area (Å²) in [5, 5.41) is 2.99. The van der Waals surface area contributed by atoms with E-state index in [-0.39, 0.29) is 11.3 Å². The first-order valence-corrected chi connectivity index (χ1v) is 6.13. The van der Waals surface area contributed by atoms with Crippen molar-refractivity contribution in [2.24, 2.45) is 17.1 Å². The van der Waals surface area contributed by atoms with Gasteiger partial charge in [0.15, 0.2) is 0 Å². The molecule has 1 rings (SSSR count). The van der Waals surface area contributed by atoms with Gasteiger partial charge in [0.1, 0.15) is 0 Å². The highest BCUT2D eigenvalue weighted by Gasteiger charge is 2.39. The van der Waals surface area contributed by atoms with Crippen molar-refractivity contribution in [3.05, 3.63) is 0 Å². The number of hydrogen-bond acceptors (Lipinski definition) is 2. The van der Waals surface area contributed by atoms with E-state index < -0.39 is 0 Å². The van der Waals surface area contributed by atoms with Crippen LogP contribution in [0.1, 0.15) is 46.0 Å². The van der Waals surface area contributed by atoms with E-state index in [4.69, 9.17) is 5.73 Å². The van der Waals surface area contributed by atoms with Gasteiger partial charge in [-0.1, -0.05) is 13.8 Å². The van der Waals surface area contributed by atoms with Gasteiger partial charge < -0.3 is 11.1 Å². The minimum absolute atomic E-state index is 0.179. The Labute approximate surface area is 92.8 Å². The lowest BCUT2D eigenvalue weighted by Gasteiger charge is -2.37. The third-order valence-electron chi connectivity index (χ3n) is 3.64. The number of nitrogens with two attached hydrogens (primary N) is 1. The van der Waals surface area contributed by atoms with E-state index in [2.05, 4.69) is 19.2 Å². The SMILES string of the molecule is CCCNC(=O)C1(CN)CCC(C)CC1. The summed E-state index contributed by atoms with van der Waals surface area (Å²) in [7, 11) is 0. The molecule has 1 amide bonds. The molecule has 3 N–H and O–H groups in total. The molecule has 1 aliphatic carbocycles. The number of hydrogen-bond donors (Lipinski definition) is 2. The van der Waals surface area contributed by atoms with Gasteiger partial charge in [-0.25, -0.2) is 0 Å². The molecule has 1 fully saturated rings. The number of carbonyl (C=O) groups excluding carboxylic acids is 1. The summed E-state index contributed by atoms with van der Waals surface area (Å²) in [6.45, 7) is 5.59. The van der Waals surface area contributed by atoms with Crippen LogP contribution in [0.2, 0.25) is 0 Å². The predicted molar refractivity (Wildman–Crippen MR) is 62.4 cm³/mol. The molecule has 0 aromatic rings. The average molecular weight is 212 g/mol. The van der Waals surface area contributed by atoms with Crippen molar-refractivity contribution >= 4 is 5.91 Å². The van der Waals surface area contributed by atoms with Crippen LogP contribution in [0.25, 0.3) is 0 Å². The van der Waals surface area contributed by atoms with Crippen LogP contribution in [0.4, 0.5) is 0 Å². The Hall–Kier alpha value is -0.570. The van der Waals surface area contributed by atoms with Crippen LogP contribution in [-0.2, 0) is 4.79 Å². The van der Waals surface area contributed by atoms with Gasteiger partial charge in [0.25, 0.3) is 0 Å². The summed E-state index contributed by atoms with van der Waals surface area (Å²) in [5.41, 5.74) is 5.53. The Morgan fingerprint density at radius 2 is 2.07 bits per heavy atom.